The topological polar surface area (TPSA) is 26.7 Å². The molecule has 1 saturated heterocycles. The molecule has 1 N–H and O–H groups in total. The summed E-state index contributed by atoms with van der Waals surface area (Å²) in [7, 11) is 0. The maximum Gasteiger partial charge on any atom is 0.115 e. The predicted octanol–water partition coefficient (Wildman–Crippen LogP) is 4.92. The molecule has 0 aromatic heterocycles. The van der Waals surface area contributed by atoms with Gasteiger partial charge < -0.3 is 5.11 Å². The summed E-state index contributed by atoms with van der Waals surface area (Å²) in [6.45, 7) is 9.58. The zero-order chi connectivity index (χ0) is 20.2. The van der Waals surface area contributed by atoms with Gasteiger partial charge in [0.25, 0.3) is 0 Å². The van der Waals surface area contributed by atoms with Gasteiger partial charge in [0.2, 0.25) is 0 Å². The van der Waals surface area contributed by atoms with Gasteiger partial charge >= 0.3 is 0 Å². The van der Waals surface area contributed by atoms with Crippen LogP contribution in [-0.2, 0) is 6.54 Å². The average Bonchev–Trinajstić information content (AvgIpc) is 2.74. The van der Waals surface area contributed by atoms with Crippen LogP contribution in [0, 0.1) is 13.8 Å². The van der Waals surface area contributed by atoms with E-state index >= 15 is 0 Å². The number of aryl methyl sites for hydroxylation is 2. The Labute approximate surface area is 174 Å². The Balaban J connectivity index is 1.53. The van der Waals surface area contributed by atoms with E-state index in [2.05, 4.69) is 72.2 Å². The first-order valence-electron chi connectivity index (χ1n) is 10.5. The molecule has 150 valence electrons. The SMILES string of the molecule is Cc1ccccc1C(c1ccccc1C)N1CCN(Cc2ccc(O)cc2)CC1. The van der Waals surface area contributed by atoms with Gasteiger partial charge in [-0.05, 0) is 53.8 Å². The van der Waals surface area contributed by atoms with Gasteiger partial charge in [-0.25, -0.2) is 0 Å². The summed E-state index contributed by atoms with van der Waals surface area (Å²) in [6.07, 6.45) is 0. The Kier molecular flexibility index (Phi) is 5.98. The minimum Gasteiger partial charge on any atom is -0.508 e. The highest BCUT2D eigenvalue weighted by Gasteiger charge is 2.28. The molecule has 3 aromatic rings. The Bertz CT molecular complexity index is 897. The summed E-state index contributed by atoms with van der Waals surface area (Å²) in [5.74, 6) is 0.331. The number of nitrogens with zero attached hydrogens (tertiary/aromatic N) is 2. The van der Waals surface area contributed by atoms with E-state index in [4.69, 9.17) is 0 Å². The lowest BCUT2D eigenvalue weighted by Crippen LogP contribution is -2.47. The van der Waals surface area contributed by atoms with Crippen LogP contribution in [0.2, 0.25) is 0 Å². The largest absolute Gasteiger partial charge is 0.508 e. The van der Waals surface area contributed by atoms with Crippen molar-refractivity contribution >= 4 is 0 Å². The number of hydrogen-bond acceptors (Lipinski definition) is 3. The summed E-state index contributed by atoms with van der Waals surface area (Å²) < 4.78 is 0. The molecular weight excluding hydrogens is 356 g/mol. The number of phenols is 1. The van der Waals surface area contributed by atoms with E-state index in [0.717, 1.165) is 32.7 Å². The molecule has 3 nitrogen and oxygen atoms in total. The summed E-state index contributed by atoms with van der Waals surface area (Å²) in [6, 6.07) is 25.5. The van der Waals surface area contributed by atoms with Crippen molar-refractivity contribution in [3.8, 4) is 5.75 Å². The van der Waals surface area contributed by atoms with Crippen LogP contribution in [-0.4, -0.2) is 41.1 Å². The predicted molar refractivity (Wildman–Crippen MR) is 119 cm³/mol. The van der Waals surface area contributed by atoms with Gasteiger partial charge in [0, 0.05) is 32.7 Å². The van der Waals surface area contributed by atoms with E-state index in [0.29, 0.717) is 11.8 Å². The monoisotopic (exact) mass is 386 g/mol. The number of phenolic OH excluding ortho intramolecular Hbond substituents is 1. The first-order valence-corrected chi connectivity index (χ1v) is 10.5. The molecule has 3 aromatic carbocycles. The van der Waals surface area contributed by atoms with E-state index in [1.165, 1.54) is 27.8 Å². The molecule has 0 unspecified atom stereocenters. The van der Waals surface area contributed by atoms with Crippen molar-refractivity contribution in [3.63, 3.8) is 0 Å². The van der Waals surface area contributed by atoms with Gasteiger partial charge in [0.15, 0.2) is 0 Å². The van der Waals surface area contributed by atoms with Crippen molar-refractivity contribution in [1.29, 1.82) is 0 Å². The van der Waals surface area contributed by atoms with Gasteiger partial charge in [-0.1, -0.05) is 60.7 Å². The summed E-state index contributed by atoms with van der Waals surface area (Å²) >= 11 is 0. The molecule has 0 atom stereocenters. The van der Waals surface area contributed by atoms with Crippen molar-refractivity contribution in [2.24, 2.45) is 0 Å². The number of rotatable bonds is 5. The summed E-state index contributed by atoms with van der Waals surface area (Å²) in [5.41, 5.74) is 6.78. The Morgan fingerprint density at radius 1 is 0.724 bits per heavy atom. The van der Waals surface area contributed by atoms with Gasteiger partial charge in [-0.2, -0.15) is 0 Å². The first-order chi connectivity index (χ1) is 14.1. The minimum absolute atomic E-state index is 0.299. The van der Waals surface area contributed by atoms with Crippen LogP contribution >= 0.6 is 0 Å². The molecule has 0 aliphatic carbocycles. The third-order valence-corrected chi connectivity index (χ3v) is 6.08. The second kappa shape index (κ2) is 8.81. The van der Waals surface area contributed by atoms with Crippen LogP contribution in [0.5, 0.6) is 5.75 Å². The third-order valence-electron chi connectivity index (χ3n) is 6.08. The Morgan fingerprint density at radius 3 is 1.76 bits per heavy atom. The molecule has 4 rings (SSSR count). The average molecular weight is 387 g/mol. The first kappa shape index (κ1) is 19.7. The maximum absolute atomic E-state index is 9.50. The van der Waals surface area contributed by atoms with E-state index in [1.54, 1.807) is 12.1 Å². The number of piperazine rings is 1. The number of hydrogen-bond donors (Lipinski definition) is 1. The molecule has 1 aliphatic rings. The van der Waals surface area contributed by atoms with Crippen molar-refractivity contribution in [2.45, 2.75) is 26.4 Å². The van der Waals surface area contributed by atoms with E-state index < -0.39 is 0 Å². The summed E-state index contributed by atoms with van der Waals surface area (Å²) in [5, 5.41) is 9.50. The van der Waals surface area contributed by atoms with Gasteiger partial charge in [-0.3, -0.25) is 9.80 Å². The number of aromatic hydroxyl groups is 1. The molecule has 0 bridgehead atoms. The maximum atomic E-state index is 9.50. The van der Waals surface area contributed by atoms with Crippen LogP contribution < -0.4 is 0 Å². The Morgan fingerprint density at radius 2 is 1.24 bits per heavy atom. The molecular formula is C26H30N2O. The molecule has 1 aliphatic heterocycles. The molecule has 1 heterocycles. The van der Waals surface area contributed by atoms with Gasteiger partial charge in [0.05, 0.1) is 6.04 Å². The van der Waals surface area contributed by atoms with Crippen LogP contribution in [0.25, 0.3) is 0 Å². The number of benzene rings is 3. The van der Waals surface area contributed by atoms with Crippen molar-refractivity contribution < 1.29 is 5.11 Å². The lowest BCUT2D eigenvalue weighted by Gasteiger charge is -2.40. The zero-order valence-corrected chi connectivity index (χ0v) is 17.4. The highest BCUT2D eigenvalue weighted by Crippen LogP contribution is 2.33. The lowest BCUT2D eigenvalue weighted by atomic mass is 9.90. The van der Waals surface area contributed by atoms with E-state index in [9.17, 15) is 5.11 Å². The normalized spacial score (nSPS) is 15.7. The van der Waals surface area contributed by atoms with Crippen LogP contribution in [0.1, 0.15) is 33.9 Å². The minimum atomic E-state index is 0.299. The van der Waals surface area contributed by atoms with Crippen molar-refractivity contribution in [1.82, 2.24) is 9.80 Å². The zero-order valence-electron chi connectivity index (χ0n) is 17.4. The molecule has 0 amide bonds. The summed E-state index contributed by atoms with van der Waals surface area (Å²) in [4.78, 5) is 5.15. The molecule has 0 saturated carbocycles. The molecule has 3 heteroatoms. The highest BCUT2D eigenvalue weighted by atomic mass is 16.3. The third kappa shape index (κ3) is 4.52. The fourth-order valence-corrected chi connectivity index (χ4v) is 4.39. The van der Waals surface area contributed by atoms with E-state index in [-0.39, 0.29) is 0 Å². The fourth-order valence-electron chi connectivity index (χ4n) is 4.39. The fraction of sp³-hybridized carbons (Fsp3) is 0.308. The van der Waals surface area contributed by atoms with Gasteiger partial charge in [-0.15, -0.1) is 0 Å². The lowest BCUT2D eigenvalue weighted by molar-refractivity contribution is 0.104. The standard InChI is InChI=1S/C26H30N2O/c1-20-7-3-5-9-24(20)26(25-10-6-4-8-21(25)2)28-17-15-27(16-18-28)19-22-11-13-23(29)14-12-22/h3-14,26,29H,15-19H2,1-2H3. The smallest absolute Gasteiger partial charge is 0.115 e. The highest BCUT2D eigenvalue weighted by molar-refractivity contribution is 5.40. The molecule has 1 fully saturated rings. The Hall–Kier alpha value is -2.62. The second-order valence-electron chi connectivity index (χ2n) is 8.09. The van der Waals surface area contributed by atoms with Crippen molar-refractivity contribution in [3.05, 3.63) is 101 Å². The van der Waals surface area contributed by atoms with Crippen molar-refractivity contribution in [2.75, 3.05) is 26.2 Å². The quantitative estimate of drug-likeness (QED) is 0.674. The van der Waals surface area contributed by atoms with Crippen LogP contribution in [0.15, 0.2) is 72.8 Å². The van der Waals surface area contributed by atoms with Crippen LogP contribution in [0.4, 0.5) is 0 Å². The molecule has 29 heavy (non-hydrogen) atoms. The van der Waals surface area contributed by atoms with E-state index in [1.807, 2.05) is 12.1 Å². The second-order valence-corrected chi connectivity index (χ2v) is 8.09. The molecule has 0 spiro atoms. The molecule has 0 radical (unpaired) electrons. The van der Waals surface area contributed by atoms with Crippen LogP contribution in [0.3, 0.4) is 0 Å². The van der Waals surface area contributed by atoms with Gasteiger partial charge in [0.1, 0.15) is 5.75 Å².